The number of carbonyl (C=O) groups excluding carboxylic acids is 2. The van der Waals surface area contributed by atoms with Crippen molar-refractivity contribution in [1.82, 2.24) is 15.5 Å². The first-order chi connectivity index (χ1) is 8.09. The molecule has 0 saturated carbocycles. The molecule has 1 saturated heterocycles. The van der Waals surface area contributed by atoms with Gasteiger partial charge in [0.05, 0.1) is 6.54 Å². The van der Waals surface area contributed by atoms with Crippen molar-refractivity contribution in [1.29, 1.82) is 0 Å². The van der Waals surface area contributed by atoms with Crippen LogP contribution in [0.25, 0.3) is 0 Å². The summed E-state index contributed by atoms with van der Waals surface area (Å²) in [6.07, 6.45) is 2.65. The molecule has 5 heteroatoms. The molecule has 0 unspecified atom stereocenters. The fraction of sp³-hybridized carbons (Fsp3) is 0.833. The molecule has 5 nitrogen and oxygen atoms in total. The van der Waals surface area contributed by atoms with Gasteiger partial charge in [0.25, 0.3) is 0 Å². The summed E-state index contributed by atoms with van der Waals surface area (Å²) in [6, 6.07) is 0.175. The molecule has 0 aromatic rings. The number of likely N-dealkylation sites (tertiary alicyclic amines) is 1. The van der Waals surface area contributed by atoms with Gasteiger partial charge in [0, 0.05) is 32.1 Å². The van der Waals surface area contributed by atoms with Crippen molar-refractivity contribution in [2.75, 3.05) is 26.2 Å². The molecule has 0 radical (unpaired) electrons. The van der Waals surface area contributed by atoms with Crippen LogP contribution in [0.2, 0.25) is 0 Å². The van der Waals surface area contributed by atoms with Gasteiger partial charge in [-0.25, -0.2) is 0 Å². The van der Waals surface area contributed by atoms with E-state index in [9.17, 15) is 9.59 Å². The fourth-order valence-electron chi connectivity index (χ4n) is 1.87. The second-order valence-corrected chi connectivity index (χ2v) is 4.74. The van der Waals surface area contributed by atoms with Gasteiger partial charge in [-0.05, 0) is 26.7 Å². The second kappa shape index (κ2) is 7.27. The summed E-state index contributed by atoms with van der Waals surface area (Å²) < 4.78 is 0. The highest BCUT2D eigenvalue weighted by Crippen LogP contribution is 2.06. The van der Waals surface area contributed by atoms with E-state index in [1.54, 1.807) is 0 Å². The number of hydrogen-bond acceptors (Lipinski definition) is 3. The quantitative estimate of drug-likeness (QED) is 0.649. The molecule has 0 aromatic carbocycles. The number of rotatable bonds is 6. The first-order valence-corrected chi connectivity index (χ1v) is 6.37. The standard InChI is InChI=1S/C12H23N3O2/c1-10(2)14-11(16)5-6-13-9-12(17)15-7-3-4-8-15/h10,13H,3-9H2,1-2H3,(H,14,16). The van der Waals surface area contributed by atoms with E-state index in [2.05, 4.69) is 10.6 Å². The van der Waals surface area contributed by atoms with Crippen LogP contribution in [0.5, 0.6) is 0 Å². The van der Waals surface area contributed by atoms with Gasteiger partial charge in [0.2, 0.25) is 11.8 Å². The molecule has 1 aliphatic rings. The molecule has 1 aliphatic heterocycles. The smallest absolute Gasteiger partial charge is 0.236 e. The molecular formula is C12H23N3O2. The Hall–Kier alpha value is -1.10. The van der Waals surface area contributed by atoms with Gasteiger partial charge in [0.15, 0.2) is 0 Å². The molecule has 0 bridgehead atoms. The molecule has 0 spiro atoms. The van der Waals surface area contributed by atoms with Gasteiger partial charge >= 0.3 is 0 Å². The van der Waals surface area contributed by atoms with Crippen LogP contribution >= 0.6 is 0 Å². The fourth-order valence-corrected chi connectivity index (χ4v) is 1.87. The predicted octanol–water partition coefficient (Wildman–Crippen LogP) is 0.113. The summed E-state index contributed by atoms with van der Waals surface area (Å²) in [7, 11) is 0. The first kappa shape index (κ1) is 14.0. The summed E-state index contributed by atoms with van der Waals surface area (Å²) in [5, 5.41) is 5.83. The third kappa shape index (κ3) is 5.68. The van der Waals surface area contributed by atoms with Crippen LogP contribution in [0.1, 0.15) is 33.1 Å². The van der Waals surface area contributed by atoms with Crippen molar-refractivity contribution >= 4 is 11.8 Å². The average molecular weight is 241 g/mol. The van der Waals surface area contributed by atoms with Crippen LogP contribution in [0.3, 0.4) is 0 Å². The molecule has 2 N–H and O–H groups in total. The summed E-state index contributed by atoms with van der Waals surface area (Å²) in [6.45, 7) is 6.53. The highest BCUT2D eigenvalue weighted by Gasteiger charge is 2.16. The van der Waals surface area contributed by atoms with Crippen molar-refractivity contribution in [3.8, 4) is 0 Å². The molecule has 0 aromatic heterocycles. The lowest BCUT2D eigenvalue weighted by Crippen LogP contribution is -2.38. The van der Waals surface area contributed by atoms with Crippen LogP contribution < -0.4 is 10.6 Å². The van der Waals surface area contributed by atoms with Gasteiger partial charge in [-0.1, -0.05) is 0 Å². The normalized spacial score (nSPS) is 15.4. The van der Waals surface area contributed by atoms with Crippen molar-refractivity contribution in [2.24, 2.45) is 0 Å². The molecule has 1 heterocycles. The van der Waals surface area contributed by atoms with Crippen LogP contribution in [-0.2, 0) is 9.59 Å². The second-order valence-electron chi connectivity index (χ2n) is 4.74. The van der Waals surface area contributed by atoms with E-state index in [4.69, 9.17) is 0 Å². The van der Waals surface area contributed by atoms with E-state index in [1.165, 1.54) is 0 Å². The number of nitrogens with zero attached hydrogens (tertiary/aromatic N) is 1. The maximum absolute atomic E-state index is 11.6. The Kier molecular flexibility index (Phi) is 5.97. The van der Waals surface area contributed by atoms with Crippen LogP contribution in [0.4, 0.5) is 0 Å². The highest BCUT2D eigenvalue weighted by molar-refractivity contribution is 5.79. The third-order valence-electron chi connectivity index (χ3n) is 2.71. The van der Waals surface area contributed by atoms with Gasteiger partial charge in [-0.3, -0.25) is 9.59 Å². The van der Waals surface area contributed by atoms with Crippen LogP contribution in [0.15, 0.2) is 0 Å². The maximum atomic E-state index is 11.6. The number of amides is 2. The minimum Gasteiger partial charge on any atom is -0.354 e. The number of carbonyl (C=O) groups is 2. The SMILES string of the molecule is CC(C)NC(=O)CCNCC(=O)N1CCCC1. The largest absolute Gasteiger partial charge is 0.354 e. The Morgan fingerprint density at radius 3 is 2.47 bits per heavy atom. The van der Waals surface area contributed by atoms with Crippen molar-refractivity contribution in [3.63, 3.8) is 0 Å². The predicted molar refractivity (Wildman–Crippen MR) is 66.6 cm³/mol. The topological polar surface area (TPSA) is 61.4 Å². The van der Waals surface area contributed by atoms with Crippen molar-refractivity contribution in [2.45, 2.75) is 39.2 Å². The lowest BCUT2D eigenvalue weighted by Gasteiger charge is -2.15. The minimum absolute atomic E-state index is 0.0288. The van der Waals surface area contributed by atoms with Gasteiger partial charge in [-0.15, -0.1) is 0 Å². The summed E-state index contributed by atoms with van der Waals surface area (Å²) in [4.78, 5) is 24.8. The zero-order valence-electron chi connectivity index (χ0n) is 10.8. The first-order valence-electron chi connectivity index (χ1n) is 6.37. The monoisotopic (exact) mass is 241 g/mol. The van der Waals surface area contributed by atoms with E-state index in [-0.39, 0.29) is 17.9 Å². The molecule has 1 rings (SSSR count). The lowest BCUT2D eigenvalue weighted by atomic mass is 10.3. The van der Waals surface area contributed by atoms with Crippen LogP contribution in [-0.4, -0.2) is 48.9 Å². The third-order valence-corrected chi connectivity index (χ3v) is 2.71. The van der Waals surface area contributed by atoms with Crippen molar-refractivity contribution < 1.29 is 9.59 Å². The van der Waals surface area contributed by atoms with Gasteiger partial charge in [0.1, 0.15) is 0 Å². The minimum atomic E-state index is 0.0288. The Bertz CT molecular complexity index is 260. The Balaban J connectivity index is 2.03. The molecule has 1 fully saturated rings. The van der Waals surface area contributed by atoms with Gasteiger partial charge in [-0.2, -0.15) is 0 Å². The summed E-state index contributed by atoms with van der Waals surface area (Å²) >= 11 is 0. The van der Waals surface area contributed by atoms with E-state index in [0.717, 1.165) is 25.9 Å². The van der Waals surface area contributed by atoms with Gasteiger partial charge < -0.3 is 15.5 Å². The summed E-state index contributed by atoms with van der Waals surface area (Å²) in [5.41, 5.74) is 0. The molecule has 0 aliphatic carbocycles. The van der Waals surface area contributed by atoms with E-state index in [0.29, 0.717) is 19.5 Å². The number of nitrogens with one attached hydrogen (secondary N) is 2. The number of hydrogen-bond donors (Lipinski definition) is 2. The molecule has 17 heavy (non-hydrogen) atoms. The van der Waals surface area contributed by atoms with Crippen LogP contribution in [0, 0.1) is 0 Å². The van der Waals surface area contributed by atoms with Crippen molar-refractivity contribution in [3.05, 3.63) is 0 Å². The average Bonchev–Trinajstić information content (AvgIpc) is 2.76. The molecule has 0 atom stereocenters. The lowest BCUT2D eigenvalue weighted by molar-refractivity contribution is -0.129. The van der Waals surface area contributed by atoms with E-state index >= 15 is 0 Å². The molecule has 2 amide bonds. The Morgan fingerprint density at radius 2 is 1.88 bits per heavy atom. The molecule has 98 valence electrons. The highest BCUT2D eigenvalue weighted by atomic mass is 16.2. The maximum Gasteiger partial charge on any atom is 0.236 e. The zero-order valence-corrected chi connectivity index (χ0v) is 10.8. The van der Waals surface area contributed by atoms with E-state index in [1.807, 2.05) is 18.7 Å². The van der Waals surface area contributed by atoms with E-state index < -0.39 is 0 Å². The Labute approximate surface area is 103 Å². The summed E-state index contributed by atoms with van der Waals surface area (Å²) in [5.74, 6) is 0.174. The Morgan fingerprint density at radius 1 is 1.24 bits per heavy atom. The molecular weight excluding hydrogens is 218 g/mol. The zero-order chi connectivity index (χ0) is 12.7.